The van der Waals surface area contributed by atoms with E-state index in [1.54, 1.807) is 14.0 Å². The molecule has 0 amide bonds. The molecule has 100 valence electrons. The standard InChI is InChI=1S/C13H19NO4/c1-4-18-12-10(6-5-7-11(12)17-3)8-14-9(2)13(15)16/h5-7,9,14H,4,8H2,1-3H3,(H,15,16)/t9-/m0/s1. The molecule has 0 aliphatic heterocycles. The monoisotopic (exact) mass is 253 g/mol. The number of carbonyl (C=O) groups is 1. The van der Waals surface area contributed by atoms with Gasteiger partial charge in [-0.1, -0.05) is 12.1 Å². The van der Waals surface area contributed by atoms with E-state index in [9.17, 15) is 4.79 Å². The number of rotatable bonds is 7. The summed E-state index contributed by atoms with van der Waals surface area (Å²) in [6, 6.07) is 4.94. The third-order valence-electron chi connectivity index (χ3n) is 2.54. The Balaban J connectivity index is 2.83. The van der Waals surface area contributed by atoms with Gasteiger partial charge >= 0.3 is 5.97 Å². The zero-order valence-electron chi connectivity index (χ0n) is 10.9. The lowest BCUT2D eigenvalue weighted by Gasteiger charge is -2.15. The molecule has 0 spiro atoms. The van der Waals surface area contributed by atoms with Gasteiger partial charge in [0.05, 0.1) is 13.7 Å². The van der Waals surface area contributed by atoms with Crippen molar-refractivity contribution >= 4 is 5.97 Å². The Kier molecular flexibility index (Phi) is 5.45. The van der Waals surface area contributed by atoms with Gasteiger partial charge in [-0.2, -0.15) is 0 Å². The Labute approximate surface area is 107 Å². The van der Waals surface area contributed by atoms with Crippen molar-refractivity contribution in [2.75, 3.05) is 13.7 Å². The molecule has 1 aromatic carbocycles. The summed E-state index contributed by atoms with van der Waals surface area (Å²) in [5.74, 6) is 0.433. The summed E-state index contributed by atoms with van der Waals surface area (Å²) in [5.41, 5.74) is 0.879. The molecule has 2 N–H and O–H groups in total. The smallest absolute Gasteiger partial charge is 0.320 e. The third-order valence-corrected chi connectivity index (χ3v) is 2.54. The van der Waals surface area contributed by atoms with Crippen LogP contribution in [0, 0.1) is 0 Å². The largest absolute Gasteiger partial charge is 0.493 e. The van der Waals surface area contributed by atoms with Gasteiger partial charge in [-0.25, -0.2) is 0 Å². The van der Waals surface area contributed by atoms with Gasteiger partial charge in [0.25, 0.3) is 0 Å². The summed E-state index contributed by atoms with van der Waals surface area (Å²) >= 11 is 0. The van der Waals surface area contributed by atoms with Crippen LogP contribution in [0.1, 0.15) is 19.4 Å². The first-order valence-corrected chi connectivity index (χ1v) is 5.85. The highest BCUT2D eigenvalue weighted by atomic mass is 16.5. The molecule has 0 aromatic heterocycles. The first-order chi connectivity index (χ1) is 8.60. The van der Waals surface area contributed by atoms with Crippen molar-refractivity contribution in [3.63, 3.8) is 0 Å². The second-order valence-corrected chi connectivity index (χ2v) is 3.82. The lowest BCUT2D eigenvalue weighted by Crippen LogP contribution is -2.33. The van der Waals surface area contributed by atoms with Gasteiger partial charge in [-0.15, -0.1) is 0 Å². The summed E-state index contributed by atoms with van der Waals surface area (Å²) < 4.78 is 10.8. The van der Waals surface area contributed by atoms with Crippen molar-refractivity contribution in [2.45, 2.75) is 26.4 Å². The molecule has 0 saturated heterocycles. The molecule has 0 fully saturated rings. The Bertz CT molecular complexity index is 406. The topological polar surface area (TPSA) is 67.8 Å². The highest BCUT2D eigenvalue weighted by Crippen LogP contribution is 2.30. The molecule has 5 nitrogen and oxygen atoms in total. The van der Waals surface area contributed by atoms with E-state index in [0.717, 1.165) is 5.56 Å². The number of benzene rings is 1. The van der Waals surface area contributed by atoms with Crippen LogP contribution in [-0.4, -0.2) is 30.8 Å². The molecular weight excluding hydrogens is 234 g/mol. The van der Waals surface area contributed by atoms with Gasteiger partial charge in [0, 0.05) is 12.1 Å². The van der Waals surface area contributed by atoms with Crippen LogP contribution in [0.4, 0.5) is 0 Å². The maximum absolute atomic E-state index is 10.7. The molecule has 1 rings (SSSR count). The normalized spacial score (nSPS) is 11.9. The third kappa shape index (κ3) is 3.63. The van der Waals surface area contributed by atoms with Gasteiger partial charge < -0.3 is 19.9 Å². The molecule has 0 radical (unpaired) electrons. The first-order valence-electron chi connectivity index (χ1n) is 5.85. The maximum Gasteiger partial charge on any atom is 0.320 e. The van der Waals surface area contributed by atoms with E-state index < -0.39 is 12.0 Å². The van der Waals surface area contributed by atoms with Gasteiger partial charge in [-0.05, 0) is 19.9 Å². The average molecular weight is 253 g/mol. The number of ether oxygens (including phenoxy) is 2. The fraction of sp³-hybridized carbons (Fsp3) is 0.462. The van der Waals surface area contributed by atoms with Crippen LogP contribution in [0.5, 0.6) is 11.5 Å². The highest BCUT2D eigenvalue weighted by molar-refractivity contribution is 5.72. The molecule has 5 heteroatoms. The zero-order valence-corrected chi connectivity index (χ0v) is 10.9. The quantitative estimate of drug-likeness (QED) is 0.773. The Morgan fingerprint density at radius 3 is 2.78 bits per heavy atom. The number of carboxylic acid groups (broad SMARTS) is 1. The van der Waals surface area contributed by atoms with Gasteiger partial charge in [0.1, 0.15) is 6.04 Å². The number of hydrogen-bond donors (Lipinski definition) is 2. The van der Waals surface area contributed by atoms with Crippen LogP contribution in [-0.2, 0) is 11.3 Å². The summed E-state index contributed by atoms with van der Waals surface area (Å²) in [5, 5.41) is 11.7. The number of nitrogens with one attached hydrogen (secondary N) is 1. The second kappa shape index (κ2) is 6.86. The molecule has 1 aromatic rings. The van der Waals surface area contributed by atoms with Gasteiger partial charge in [0.15, 0.2) is 11.5 Å². The van der Waals surface area contributed by atoms with E-state index in [1.165, 1.54) is 0 Å². The highest BCUT2D eigenvalue weighted by Gasteiger charge is 2.13. The number of para-hydroxylation sites is 1. The van der Waals surface area contributed by atoms with Crippen LogP contribution in [0.2, 0.25) is 0 Å². The summed E-state index contributed by atoms with van der Waals surface area (Å²) in [7, 11) is 1.58. The van der Waals surface area contributed by atoms with Gasteiger partial charge in [0.2, 0.25) is 0 Å². The second-order valence-electron chi connectivity index (χ2n) is 3.82. The molecular formula is C13H19NO4. The number of carboxylic acids is 1. The predicted molar refractivity (Wildman–Crippen MR) is 68.1 cm³/mol. The Morgan fingerprint density at radius 2 is 2.22 bits per heavy atom. The zero-order chi connectivity index (χ0) is 13.5. The minimum absolute atomic E-state index is 0.417. The molecule has 18 heavy (non-hydrogen) atoms. The van der Waals surface area contributed by atoms with Crippen molar-refractivity contribution in [1.29, 1.82) is 0 Å². The molecule has 0 aliphatic carbocycles. The van der Waals surface area contributed by atoms with Crippen molar-refractivity contribution in [3.05, 3.63) is 23.8 Å². The van der Waals surface area contributed by atoms with Crippen molar-refractivity contribution in [1.82, 2.24) is 5.32 Å². The number of hydrogen-bond acceptors (Lipinski definition) is 4. The van der Waals surface area contributed by atoms with Gasteiger partial charge in [-0.3, -0.25) is 4.79 Å². The lowest BCUT2D eigenvalue weighted by molar-refractivity contribution is -0.139. The first kappa shape index (κ1) is 14.3. The minimum Gasteiger partial charge on any atom is -0.493 e. The Hall–Kier alpha value is -1.75. The van der Waals surface area contributed by atoms with Crippen LogP contribution in [0.3, 0.4) is 0 Å². The van der Waals surface area contributed by atoms with Crippen LogP contribution < -0.4 is 14.8 Å². The summed E-state index contributed by atoms with van der Waals surface area (Å²) in [4.78, 5) is 10.7. The minimum atomic E-state index is -0.879. The van der Waals surface area contributed by atoms with Crippen molar-refractivity contribution < 1.29 is 19.4 Å². The fourth-order valence-electron chi connectivity index (χ4n) is 1.52. The van der Waals surface area contributed by atoms with E-state index in [-0.39, 0.29) is 0 Å². The van der Waals surface area contributed by atoms with Crippen molar-refractivity contribution in [3.8, 4) is 11.5 Å². The molecule has 0 bridgehead atoms. The van der Waals surface area contributed by atoms with E-state index in [4.69, 9.17) is 14.6 Å². The van der Waals surface area contributed by atoms with Crippen molar-refractivity contribution in [2.24, 2.45) is 0 Å². The molecule has 0 unspecified atom stereocenters. The maximum atomic E-state index is 10.7. The van der Waals surface area contributed by atoms with E-state index in [1.807, 2.05) is 25.1 Å². The van der Waals surface area contributed by atoms with Crippen LogP contribution in [0.25, 0.3) is 0 Å². The lowest BCUT2D eigenvalue weighted by atomic mass is 10.1. The SMILES string of the molecule is CCOc1c(CN[C@@H](C)C(=O)O)cccc1OC. The van der Waals surface area contributed by atoms with E-state index in [2.05, 4.69) is 5.32 Å². The molecule has 1 atom stereocenters. The van der Waals surface area contributed by atoms with Crippen LogP contribution in [0.15, 0.2) is 18.2 Å². The molecule has 0 heterocycles. The number of aliphatic carboxylic acids is 1. The van der Waals surface area contributed by atoms with Crippen LogP contribution >= 0.6 is 0 Å². The molecule has 0 saturated carbocycles. The Morgan fingerprint density at radius 1 is 1.50 bits per heavy atom. The summed E-state index contributed by atoms with van der Waals surface area (Å²) in [6.45, 7) is 4.44. The summed E-state index contributed by atoms with van der Waals surface area (Å²) in [6.07, 6.45) is 0. The fourth-order valence-corrected chi connectivity index (χ4v) is 1.52. The van der Waals surface area contributed by atoms with E-state index in [0.29, 0.717) is 24.7 Å². The molecule has 0 aliphatic rings. The predicted octanol–water partition coefficient (Wildman–Crippen LogP) is 1.66. The number of methoxy groups -OCH3 is 1. The van der Waals surface area contributed by atoms with E-state index >= 15 is 0 Å². The average Bonchev–Trinajstić information content (AvgIpc) is 2.37.